The van der Waals surface area contributed by atoms with Crippen LogP contribution >= 0.6 is 0 Å². The highest BCUT2D eigenvalue weighted by atomic mass is 16.6. The second-order valence-corrected chi connectivity index (χ2v) is 7.04. The van der Waals surface area contributed by atoms with Gasteiger partial charge in [0.15, 0.2) is 0 Å². The molecule has 0 aromatic heterocycles. The smallest absolute Gasteiger partial charge is 0.489 e. The van der Waals surface area contributed by atoms with Crippen LogP contribution < -0.4 is 10.2 Å². The van der Waals surface area contributed by atoms with E-state index in [1.54, 1.807) is 0 Å². The highest BCUT2D eigenvalue weighted by Crippen LogP contribution is 2.32. The van der Waals surface area contributed by atoms with Crippen LogP contribution in [0.3, 0.4) is 0 Å². The summed E-state index contributed by atoms with van der Waals surface area (Å²) < 4.78 is 17.7. The number of hydrogen-bond donors (Lipinski definition) is 1. The standard InChI is InChI=1S/C16H22BNO5/c1-10-9-21-17-14-11(6-5-7-12(14)22-10)13(23-17)8-18(15(19)20)16(2,3)4/h5-7,10,13H,8-9H2,1-4H3,(H,19,20). The van der Waals surface area contributed by atoms with Crippen molar-refractivity contribution in [2.45, 2.75) is 45.4 Å². The first-order chi connectivity index (χ1) is 10.8. The molecule has 0 spiro atoms. The van der Waals surface area contributed by atoms with E-state index in [1.807, 2.05) is 45.9 Å². The van der Waals surface area contributed by atoms with Crippen LogP contribution in [0.4, 0.5) is 4.79 Å². The highest BCUT2D eigenvalue weighted by Gasteiger charge is 2.44. The normalized spacial score (nSPS) is 23.0. The molecule has 1 aromatic carbocycles. The van der Waals surface area contributed by atoms with E-state index in [1.165, 1.54) is 4.90 Å². The van der Waals surface area contributed by atoms with Crippen molar-refractivity contribution in [1.29, 1.82) is 0 Å². The van der Waals surface area contributed by atoms with Crippen molar-refractivity contribution in [2.24, 2.45) is 0 Å². The molecule has 0 saturated heterocycles. The molecule has 0 fully saturated rings. The lowest BCUT2D eigenvalue weighted by atomic mass is 9.78. The zero-order valence-electron chi connectivity index (χ0n) is 13.9. The fraction of sp³-hybridized carbons (Fsp3) is 0.562. The number of ether oxygens (including phenoxy) is 1. The molecule has 0 aliphatic carbocycles. The van der Waals surface area contributed by atoms with Crippen LogP contribution in [-0.4, -0.2) is 48.0 Å². The SMILES string of the molecule is CC1COB2OC(CN(C(=O)O)C(C)(C)C)c3cccc(c32)O1. The lowest BCUT2D eigenvalue weighted by Crippen LogP contribution is -2.47. The number of benzene rings is 1. The molecule has 0 bridgehead atoms. The van der Waals surface area contributed by atoms with Gasteiger partial charge in [0.25, 0.3) is 0 Å². The lowest BCUT2D eigenvalue weighted by Gasteiger charge is -2.35. The van der Waals surface area contributed by atoms with Crippen LogP contribution in [0, 0.1) is 0 Å². The average molecular weight is 319 g/mol. The van der Waals surface area contributed by atoms with Crippen LogP contribution in [-0.2, 0) is 9.31 Å². The predicted octanol–water partition coefficient (Wildman–Crippen LogP) is 2.03. The summed E-state index contributed by atoms with van der Waals surface area (Å²) in [4.78, 5) is 13.0. The number of carboxylic acid groups (broad SMARTS) is 1. The summed E-state index contributed by atoms with van der Waals surface area (Å²) in [5.41, 5.74) is 1.33. The molecule has 2 unspecified atom stereocenters. The second-order valence-electron chi connectivity index (χ2n) is 7.04. The summed E-state index contributed by atoms with van der Waals surface area (Å²) in [6.07, 6.45) is -1.36. The van der Waals surface area contributed by atoms with Crippen LogP contribution in [0.15, 0.2) is 18.2 Å². The molecular weight excluding hydrogens is 297 g/mol. The summed E-state index contributed by atoms with van der Waals surface area (Å²) in [6.45, 7) is 8.25. The molecule has 0 radical (unpaired) electrons. The van der Waals surface area contributed by atoms with Gasteiger partial charge in [-0.3, -0.25) is 0 Å². The number of hydrogen-bond acceptors (Lipinski definition) is 4. The van der Waals surface area contributed by atoms with E-state index in [4.69, 9.17) is 14.0 Å². The third-order valence-corrected chi connectivity index (χ3v) is 4.17. The molecule has 3 rings (SSSR count). The molecule has 6 nitrogen and oxygen atoms in total. The van der Waals surface area contributed by atoms with Gasteiger partial charge < -0.3 is 24.1 Å². The first-order valence-corrected chi connectivity index (χ1v) is 7.84. The zero-order chi connectivity index (χ0) is 16.8. The molecule has 2 heterocycles. The molecule has 2 atom stereocenters. The minimum Gasteiger partial charge on any atom is -0.489 e. The van der Waals surface area contributed by atoms with Gasteiger partial charge in [0, 0.05) is 11.0 Å². The van der Waals surface area contributed by atoms with Gasteiger partial charge in [-0.05, 0) is 39.3 Å². The van der Waals surface area contributed by atoms with E-state index in [9.17, 15) is 9.90 Å². The quantitative estimate of drug-likeness (QED) is 0.845. The van der Waals surface area contributed by atoms with E-state index in [-0.39, 0.29) is 18.8 Å². The first-order valence-electron chi connectivity index (χ1n) is 7.84. The van der Waals surface area contributed by atoms with Gasteiger partial charge in [-0.15, -0.1) is 0 Å². The Hall–Kier alpha value is -1.73. The van der Waals surface area contributed by atoms with Gasteiger partial charge >= 0.3 is 13.2 Å². The van der Waals surface area contributed by atoms with Gasteiger partial charge in [-0.1, -0.05) is 12.1 Å². The molecule has 124 valence electrons. The van der Waals surface area contributed by atoms with Crippen LogP contribution in [0.5, 0.6) is 5.75 Å². The molecule has 0 saturated carbocycles. The molecular formula is C16H22BNO5. The molecule has 1 amide bonds. The number of carbonyl (C=O) groups is 1. The number of nitrogens with zero attached hydrogens (tertiary/aromatic N) is 1. The molecule has 2 aliphatic rings. The maximum absolute atomic E-state index is 11.6. The van der Waals surface area contributed by atoms with Crippen molar-refractivity contribution in [2.75, 3.05) is 13.2 Å². The van der Waals surface area contributed by atoms with Crippen molar-refractivity contribution in [3.63, 3.8) is 0 Å². The highest BCUT2D eigenvalue weighted by molar-refractivity contribution is 6.64. The minimum absolute atomic E-state index is 0.0424. The Morgan fingerprint density at radius 1 is 1.43 bits per heavy atom. The summed E-state index contributed by atoms with van der Waals surface area (Å²) in [5, 5.41) is 9.50. The van der Waals surface area contributed by atoms with Crippen molar-refractivity contribution in [3.8, 4) is 5.75 Å². The van der Waals surface area contributed by atoms with E-state index in [0.29, 0.717) is 6.61 Å². The fourth-order valence-electron chi connectivity index (χ4n) is 3.03. The number of rotatable bonds is 2. The van der Waals surface area contributed by atoms with E-state index in [0.717, 1.165) is 16.8 Å². The zero-order valence-corrected chi connectivity index (χ0v) is 13.9. The van der Waals surface area contributed by atoms with Crippen LogP contribution in [0.25, 0.3) is 0 Å². The second kappa shape index (κ2) is 5.72. The fourth-order valence-corrected chi connectivity index (χ4v) is 3.03. The minimum atomic E-state index is -0.958. The maximum atomic E-state index is 11.6. The Morgan fingerprint density at radius 2 is 2.17 bits per heavy atom. The Kier molecular flexibility index (Phi) is 4.02. The number of amides is 1. The average Bonchev–Trinajstić information content (AvgIpc) is 2.71. The van der Waals surface area contributed by atoms with Crippen LogP contribution in [0.2, 0.25) is 0 Å². The van der Waals surface area contributed by atoms with Gasteiger partial charge in [-0.25, -0.2) is 4.79 Å². The summed E-state index contributed by atoms with van der Waals surface area (Å²) in [6, 6.07) is 5.77. The summed E-state index contributed by atoms with van der Waals surface area (Å²) in [7, 11) is -0.494. The van der Waals surface area contributed by atoms with Gasteiger partial charge in [0.2, 0.25) is 0 Å². The molecule has 7 heteroatoms. The van der Waals surface area contributed by atoms with Crippen molar-refractivity contribution in [1.82, 2.24) is 4.90 Å². The Labute approximate surface area is 136 Å². The first kappa shape index (κ1) is 16.1. The maximum Gasteiger partial charge on any atom is 0.498 e. The van der Waals surface area contributed by atoms with Gasteiger partial charge in [0.05, 0.1) is 19.3 Å². The largest absolute Gasteiger partial charge is 0.498 e. The van der Waals surface area contributed by atoms with Gasteiger partial charge in [-0.2, -0.15) is 0 Å². The Bertz CT molecular complexity index is 615. The van der Waals surface area contributed by atoms with Crippen LogP contribution in [0.1, 0.15) is 39.4 Å². The van der Waals surface area contributed by atoms with Gasteiger partial charge in [0.1, 0.15) is 11.9 Å². The third kappa shape index (κ3) is 3.03. The molecule has 1 N–H and O–H groups in total. The van der Waals surface area contributed by atoms with Crippen molar-refractivity contribution < 1.29 is 23.9 Å². The van der Waals surface area contributed by atoms with Crippen molar-refractivity contribution >= 4 is 18.7 Å². The van der Waals surface area contributed by atoms with E-state index in [2.05, 4.69) is 0 Å². The van der Waals surface area contributed by atoms with E-state index >= 15 is 0 Å². The topological polar surface area (TPSA) is 68.2 Å². The monoisotopic (exact) mass is 319 g/mol. The van der Waals surface area contributed by atoms with E-state index < -0.39 is 18.8 Å². The third-order valence-electron chi connectivity index (χ3n) is 4.17. The van der Waals surface area contributed by atoms with Crippen molar-refractivity contribution in [3.05, 3.63) is 23.8 Å². The summed E-state index contributed by atoms with van der Waals surface area (Å²) in [5.74, 6) is 0.762. The molecule has 1 aromatic rings. The predicted molar refractivity (Wildman–Crippen MR) is 86.2 cm³/mol. The Morgan fingerprint density at radius 3 is 2.83 bits per heavy atom. The molecule has 23 heavy (non-hydrogen) atoms. The Balaban J connectivity index is 1.92. The molecule has 2 aliphatic heterocycles. The summed E-state index contributed by atoms with van der Waals surface area (Å²) >= 11 is 0. The lowest BCUT2D eigenvalue weighted by molar-refractivity contribution is 0.0546.